The lowest BCUT2D eigenvalue weighted by molar-refractivity contribution is -0.116. The molecular formula is C20H19N3O2S2. The molecule has 0 aliphatic carbocycles. The number of amides is 2. The summed E-state index contributed by atoms with van der Waals surface area (Å²) in [5, 5.41) is 8.41. The number of carbonyl (C=O) groups is 2. The molecule has 0 bridgehead atoms. The summed E-state index contributed by atoms with van der Waals surface area (Å²) in [7, 11) is 0. The van der Waals surface area contributed by atoms with Crippen LogP contribution < -0.4 is 10.6 Å². The van der Waals surface area contributed by atoms with Gasteiger partial charge >= 0.3 is 0 Å². The van der Waals surface area contributed by atoms with Crippen molar-refractivity contribution in [1.29, 1.82) is 0 Å². The van der Waals surface area contributed by atoms with E-state index in [-0.39, 0.29) is 18.2 Å². The van der Waals surface area contributed by atoms with Gasteiger partial charge < -0.3 is 10.6 Å². The highest BCUT2D eigenvalue weighted by Gasteiger charge is 2.09. The average Bonchev–Trinajstić information content (AvgIpc) is 3.08. The number of nitrogens with zero attached hydrogens (tertiary/aromatic N) is 1. The van der Waals surface area contributed by atoms with Gasteiger partial charge in [0.05, 0.1) is 12.1 Å². The fourth-order valence-electron chi connectivity index (χ4n) is 2.36. The number of thioether (sulfide) groups is 1. The molecule has 0 saturated heterocycles. The third-order valence-corrected chi connectivity index (χ3v) is 5.47. The van der Waals surface area contributed by atoms with E-state index in [4.69, 9.17) is 0 Å². The van der Waals surface area contributed by atoms with Crippen LogP contribution in [-0.4, -0.2) is 16.8 Å². The molecule has 3 rings (SSSR count). The van der Waals surface area contributed by atoms with Crippen molar-refractivity contribution >= 4 is 46.3 Å². The fraction of sp³-hybridized carbons (Fsp3) is 0.150. The average molecular weight is 398 g/mol. The highest BCUT2D eigenvalue weighted by molar-refractivity contribution is 7.98. The first kappa shape index (κ1) is 19.1. The topological polar surface area (TPSA) is 71.1 Å². The molecule has 0 saturated carbocycles. The zero-order valence-electron chi connectivity index (χ0n) is 14.8. The lowest BCUT2D eigenvalue weighted by Crippen LogP contribution is -2.14. The minimum Gasteiger partial charge on any atom is -0.326 e. The van der Waals surface area contributed by atoms with Gasteiger partial charge in [-0.2, -0.15) is 0 Å². The minimum atomic E-state index is -0.0818. The van der Waals surface area contributed by atoms with Crippen LogP contribution in [0.4, 0.5) is 11.4 Å². The van der Waals surface area contributed by atoms with Crippen molar-refractivity contribution in [2.75, 3.05) is 10.6 Å². The van der Waals surface area contributed by atoms with Crippen molar-refractivity contribution in [3.8, 4) is 0 Å². The number of para-hydroxylation sites is 1. The molecule has 138 valence electrons. The number of anilines is 2. The van der Waals surface area contributed by atoms with E-state index in [1.807, 2.05) is 60.0 Å². The van der Waals surface area contributed by atoms with Gasteiger partial charge in [-0.25, -0.2) is 4.98 Å². The highest BCUT2D eigenvalue weighted by Crippen LogP contribution is 2.25. The second kappa shape index (κ2) is 9.34. The molecule has 1 heterocycles. The van der Waals surface area contributed by atoms with Gasteiger partial charge in [-0.1, -0.05) is 18.2 Å². The highest BCUT2D eigenvalue weighted by atomic mass is 32.2. The molecule has 3 aromatic rings. The van der Waals surface area contributed by atoms with Crippen molar-refractivity contribution in [2.45, 2.75) is 24.0 Å². The largest absolute Gasteiger partial charge is 0.326 e. The van der Waals surface area contributed by atoms with E-state index < -0.39 is 0 Å². The Morgan fingerprint density at radius 2 is 1.70 bits per heavy atom. The molecule has 0 atom stereocenters. The smallest absolute Gasteiger partial charge is 0.231 e. The van der Waals surface area contributed by atoms with Crippen LogP contribution in [0.25, 0.3) is 0 Å². The second-order valence-corrected chi connectivity index (χ2v) is 7.81. The van der Waals surface area contributed by atoms with Gasteiger partial charge in [-0.15, -0.1) is 23.1 Å². The second-order valence-electron chi connectivity index (χ2n) is 5.82. The molecule has 0 aliphatic heterocycles. The van der Waals surface area contributed by atoms with Crippen molar-refractivity contribution in [3.63, 3.8) is 0 Å². The van der Waals surface area contributed by atoms with E-state index in [0.29, 0.717) is 0 Å². The molecule has 7 heteroatoms. The first-order valence-corrected chi connectivity index (χ1v) is 10.2. The van der Waals surface area contributed by atoms with Crippen LogP contribution in [-0.2, 0) is 21.8 Å². The molecule has 0 spiro atoms. The Balaban J connectivity index is 1.49. The summed E-state index contributed by atoms with van der Waals surface area (Å²) < 4.78 is 0. The molecule has 2 amide bonds. The molecular weight excluding hydrogens is 378 g/mol. The summed E-state index contributed by atoms with van der Waals surface area (Å²) >= 11 is 3.17. The minimum absolute atomic E-state index is 0.0664. The van der Waals surface area contributed by atoms with Crippen LogP contribution in [0.3, 0.4) is 0 Å². The standard InChI is InChI=1S/C20H19N3O2S2/c1-14(24)21-16-7-9-18(10-8-16)26-12-17-13-27-20(23-17)11-19(25)22-15-5-3-2-4-6-15/h2-10,13H,11-12H2,1H3,(H,21,24)(H,22,25). The number of benzene rings is 2. The summed E-state index contributed by atoms with van der Waals surface area (Å²) in [4.78, 5) is 28.8. The lowest BCUT2D eigenvalue weighted by atomic mass is 10.3. The van der Waals surface area contributed by atoms with Crippen molar-refractivity contribution < 1.29 is 9.59 Å². The number of thiazole rings is 1. The number of rotatable bonds is 7. The number of aromatic nitrogens is 1. The summed E-state index contributed by atoms with van der Waals surface area (Å²) in [5.74, 6) is 0.584. The normalized spacial score (nSPS) is 10.4. The molecule has 27 heavy (non-hydrogen) atoms. The predicted molar refractivity (Wildman–Crippen MR) is 111 cm³/mol. The van der Waals surface area contributed by atoms with E-state index >= 15 is 0 Å². The Hall–Kier alpha value is -2.64. The van der Waals surface area contributed by atoms with Crippen molar-refractivity contribution in [2.24, 2.45) is 0 Å². The lowest BCUT2D eigenvalue weighted by Gasteiger charge is -2.04. The van der Waals surface area contributed by atoms with Crippen LogP contribution in [0.1, 0.15) is 17.6 Å². The zero-order valence-corrected chi connectivity index (χ0v) is 16.4. The summed E-state index contributed by atoms with van der Waals surface area (Å²) in [6, 6.07) is 17.1. The number of hydrogen-bond acceptors (Lipinski definition) is 5. The Labute approximate surface area is 166 Å². The first-order chi connectivity index (χ1) is 13.1. The van der Waals surface area contributed by atoms with Crippen LogP contribution in [0, 0.1) is 0 Å². The Morgan fingerprint density at radius 3 is 2.41 bits per heavy atom. The van der Waals surface area contributed by atoms with E-state index in [9.17, 15) is 9.59 Å². The fourth-order valence-corrected chi connectivity index (χ4v) is 4.04. The van der Waals surface area contributed by atoms with Gasteiger partial charge in [-0.05, 0) is 36.4 Å². The Bertz CT molecular complexity index is 908. The molecule has 5 nitrogen and oxygen atoms in total. The van der Waals surface area contributed by atoms with Gasteiger partial charge in [0, 0.05) is 34.3 Å². The molecule has 2 aromatic carbocycles. The Kier molecular flexibility index (Phi) is 6.62. The zero-order chi connectivity index (χ0) is 19.1. The maximum atomic E-state index is 12.1. The van der Waals surface area contributed by atoms with Crippen LogP contribution in [0.2, 0.25) is 0 Å². The Morgan fingerprint density at radius 1 is 1.00 bits per heavy atom. The quantitative estimate of drug-likeness (QED) is 0.573. The molecule has 0 fully saturated rings. The van der Waals surface area contributed by atoms with E-state index in [1.54, 1.807) is 11.8 Å². The molecule has 0 radical (unpaired) electrons. The van der Waals surface area contributed by atoms with Crippen LogP contribution in [0.15, 0.2) is 64.9 Å². The monoisotopic (exact) mass is 397 g/mol. The van der Waals surface area contributed by atoms with E-state index in [2.05, 4.69) is 15.6 Å². The SMILES string of the molecule is CC(=O)Nc1ccc(SCc2csc(CC(=O)Nc3ccccc3)n2)cc1. The summed E-state index contributed by atoms with van der Waals surface area (Å²) in [5.41, 5.74) is 2.53. The molecule has 2 N–H and O–H groups in total. The first-order valence-electron chi connectivity index (χ1n) is 8.37. The maximum Gasteiger partial charge on any atom is 0.231 e. The number of hydrogen-bond donors (Lipinski definition) is 2. The third kappa shape index (κ3) is 6.23. The number of carbonyl (C=O) groups excluding carboxylic acids is 2. The van der Waals surface area contributed by atoms with Gasteiger partial charge in [0.2, 0.25) is 11.8 Å². The maximum absolute atomic E-state index is 12.1. The van der Waals surface area contributed by atoms with Gasteiger partial charge in [0.25, 0.3) is 0 Å². The van der Waals surface area contributed by atoms with E-state index in [1.165, 1.54) is 18.3 Å². The summed E-state index contributed by atoms with van der Waals surface area (Å²) in [6.45, 7) is 1.49. The summed E-state index contributed by atoms with van der Waals surface area (Å²) in [6.07, 6.45) is 0.273. The molecule has 0 unspecified atom stereocenters. The van der Waals surface area contributed by atoms with Gasteiger partial charge in [0.1, 0.15) is 5.01 Å². The van der Waals surface area contributed by atoms with Gasteiger partial charge in [-0.3, -0.25) is 9.59 Å². The molecule has 0 aliphatic rings. The predicted octanol–water partition coefficient (Wildman–Crippen LogP) is 4.58. The molecule has 1 aromatic heterocycles. The van der Waals surface area contributed by atoms with Gasteiger partial charge in [0.15, 0.2) is 0 Å². The van der Waals surface area contributed by atoms with Crippen LogP contribution in [0.5, 0.6) is 0 Å². The third-order valence-electron chi connectivity index (χ3n) is 3.53. The van der Waals surface area contributed by atoms with E-state index in [0.717, 1.165) is 32.7 Å². The van der Waals surface area contributed by atoms with Crippen molar-refractivity contribution in [3.05, 3.63) is 70.7 Å². The van der Waals surface area contributed by atoms with Crippen LogP contribution >= 0.6 is 23.1 Å². The van der Waals surface area contributed by atoms with Crippen molar-refractivity contribution in [1.82, 2.24) is 4.98 Å². The number of nitrogens with one attached hydrogen (secondary N) is 2.